The van der Waals surface area contributed by atoms with Crippen LogP contribution in [0.15, 0.2) is 11.6 Å². The number of carboxylic acids is 1. The first-order chi connectivity index (χ1) is 7.63. The minimum atomic E-state index is -1.25. The van der Waals surface area contributed by atoms with Gasteiger partial charge in [-0.1, -0.05) is 19.4 Å². The Balaban J connectivity index is 4.24. The van der Waals surface area contributed by atoms with Gasteiger partial charge in [-0.3, -0.25) is 0 Å². The molecule has 0 aromatic carbocycles. The molecule has 0 bridgehead atoms. The van der Waals surface area contributed by atoms with Crippen molar-refractivity contribution in [2.24, 2.45) is 5.73 Å². The number of aliphatic carboxylic acids is 1. The summed E-state index contributed by atoms with van der Waals surface area (Å²) < 4.78 is 4.82. The zero-order valence-electron chi connectivity index (χ0n) is 9.57. The van der Waals surface area contributed by atoms with E-state index in [-0.39, 0.29) is 12.2 Å². The third kappa shape index (κ3) is 6.19. The fraction of sp³-hybridized carbons (Fsp3) is 0.636. The van der Waals surface area contributed by atoms with Gasteiger partial charge in [-0.25, -0.2) is 9.59 Å². The van der Waals surface area contributed by atoms with Crippen molar-refractivity contribution in [1.29, 1.82) is 0 Å². The van der Waals surface area contributed by atoms with Crippen molar-refractivity contribution in [3.8, 4) is 0 Å². The van der Waals surface area contributed by atoms with E-state index in [4.69, 9.17) is 15.6 Å². The van der Waals surface area contributed by atoms with Gasteiger partial charge in [0.1, 0.15) is 5.57 Å². The van der Waals surface area contributed by atoms with Gasteiger partial charge in [0.25, 0.3) is 0 Å². The number of allylic oxidation sites excluding steroid dienone is 1. The third-order valence-electron chi connectivity index (χ3n) is 1.94. The lowest BCUT2D eigenvalue weighted by Gasteiger charge is -2.04. The summed E-state index contributed by atoms with van der Waals surface area (Å²) in [6.07, 6.45) is 4.12. The van der Waals surface area contributed by atoms with E-state index < -0.39 is 11.9 Å². The fourth-order valence-corrected chi connectivity index (χ4v) is 1.01. The minimum absolute atomic E-state index is 0.261. The number of nitrogens with two attached hydrogens (primary N) is 1. The van der Waals surface area contributed by atoms with Crippen molar-refractivity contribution in [2.45, 2.75) is 32.6 Å². The molecule has 0 saturated carbocycles. The molecule has 0 atom stereocenters. The van der Waals surface area contributed by atoms with E-state index in [1.807, 2.05) is 6.92 Å². The monoisotopic (exact) mass is 229 g/mol. The summed E-state index contributed by atoms with van der Waals surface area (Å²) in [6, 6.07) is 0. The van der Waals surface area contributed by atoms with E-state index >= 15 is 0 Å². The van der Waals surface area contributed by atoms with Gasteiger partial charge in [-0.15, -0.1) is 0 Å². The summed E-state index contributed by atoms with van der Waals surface area (Å²) in [7, 11) is 0. The van der Waals surface area contributed by atoms with Gasteiger partial charge >= 0.3 is 11.9 Å². The Morgan fingerprint density at radius 3 is 2.56 bits per heavy atom. The predicted molar refractivity (Wildman–Crippen MR) is 59.9 cm³/mol. The van der Waals surface area contributed by atoms with Crippen LogP contribution in [-0.2, 0) is 14.3 Å². The Kier molecular flexibility index (Phi) is 8.15. The highest BCUT2D eigenvalue weighted by Crippen LogP contribution is 2.03. The molecule has 0 aromatic heterocycles. The maximum Gasteiger partial charge on any atom is 0.345 e. The molecule has 0 saturated heterocycles. The first kappa shape index (κ1) is 14.6. The Morgan fingerprint density at radius 2 is 2.06 bits per heavy atom. The highest BCUT2D eigenvalue weighted by atomic mass is 16.5. The van der Waals surface area contributed by atoms with Crippen LogP contribution in [0.25, 0.3) is 0 Å². The molecule has 0 spiro atoms. The number of hydrogen-bond donors (Lipinski definition) is 2. The molecule has 0 amide bonds. The number of carbonyl (C=O) groups is 2. The lowest BCUT2D eigenvalue weighted by Crippen LogP contribution is -2.16. The van der Waals surface area contributed by atoms with Crippen molar-refractivity contribution >= 4 is 11.9 Å². The number of ether oxygens (including phenoxy) is 1. The lowest BCUT2D eigenvalue weighted by molar-refractivity contribution is -0.144. The van der Waals surface area contributed by atoms with Crippen LogP contribution in [-0.4, -0.2) is 30.2 Å². The number of hydrogen-bond acceptors (Lipinski definition) is 4. The van der Waals surface area contributed by atoms with E-state index in [1.165, 1.54) is 6.08 Å². The normalized spacial score (nSPS) is 11.2. The lowest BCUT2D eigenvalue weighted by atomic mass is 10.2. The van der Waals surface area contributed by atoms with Crippen LogP contribution in [0, 0.1) is 0 Å². The molecule has 0 aliphatic rings. The number of esters is 1. The number of rotatable bonds is 8. The highest BCUT2D eigenvalue weighted by molar-refractivity contribution is 6.13. The molecule has 92 valence electrons. The van der Waals surface area contributed by atoms with Crippen molar-refractivity contribution in [2.75, 3.05) is 13.2 Å². The first-order valence-electron chi connectivity index (χ1n) is 5.44. The molecule has 0 heterocycles. The molecule has 0 radical (unpaired) electrons. The summed E-state index contributed by atoms with van der Waals surface area (Å²) in [5.74, 6) is -2.02. The smallest absolute Gasteiger partial charge is 0.345 e. The molecule has 0 rings (SSSR count). The van der Waals surface area contributed by atoms with Crippen LogP contribution in [0.4, 0.5) is 0 Å². The van der Waals surface area contributed by atoms with Gasteiger partial charge in [-0.2, -0.15) is 0 Å². The Morgan fingerprint density at radius 1 is 1.38 bits per heavy atom. The van der Waals surface area contributed by atoms with E-state index in [0.29, 0.717) is 19.4 Å². The van der Waals surface area contributed by atoms with Crippen LogP contribution in [0.5, 0.6) is 0 Å². The second-order valence-corrected chi connectivity index (χ2v) is 3.34. The molecule has 0 unspecified atom stereocenters. The molecular formula is C11H19NO4. The molecule has 0 aromatic rings. The summed E-state index contributed by atoms with van der Waals surface area (Å²) in [6.45, 7) is 2.69. The quantitative estimate of drug-likeness (QED) is 0.214. The van der Waals surface area contributed by atoms with Crippen LogP contribution >= 0.6 is 0 Å². The molecule has 0 aliphatic carbocycles. The SMILES string of the molecule is CCCCOC(=O)C(=CCCCN)C(=O)O. The van der Waals surface area contributed by atoms with E-state index in [9.17, 15) is 9.59 Å². The zero-order valence-corrected chi connectivity index (χ0v) is 9.57. The van der Waals surface area contributed by atoms with Gasteiger partial charge in [0.05, 0.1) is 6.61 Å². The fourth-order valence-electron chi connectivity index (χ4n) is 1.01. The predicted octanol–water partition coefficient (Wildman–Crippen LogP) is 1.08. The number of carboxylic acid groups (broad SMARTS) is 1. The van der Waals surface area contributed by atoms with Crippen molar-refractivity contribution in [3.05, 3.63) is 11.6 Å². The maximum absolute atomic E-state index is 11.4. The van der Waals surface area contributed by atoms with Gasteiger partial charge in [0.15, 0.2) is 0 Å². The van der Waals surface area contributed by atoms with Crippen molar-refractivity contribution in [1.82, 2.24) is 0 Å². The van der Waals surface area contributed by atoms with Gasteiger partial charge < -0.3 is 15.6 Å². The summed E-state index contributed by atoms with van der Waals surface area (Å²) in [4.78, 5) is 22.1. The van der Waals surface area contributed by atoms with Crippen LogP contribution in [0.2, 0.25) is 0 Å². The molecule has 5 heteroatoms. The second kappa shape index (κ2) is 8.91. The molecule has 16 heavy (non-hydrogen) atoms. The Labute approximate surface area is 95.3 Å². The van der Waals surface area contributed by atoms with Gasteiger partial charge in [0, 0.05) is 0 Å². The van der Waals surface area contributed by atoms with Crippen LogP contribution in [0.3, 0.4) is 0 Å². The summed E-state index contributed by atoms with van der Waals surface area (Å²) >= 11 is 0. The summed E-state index contributed by atoms with van der Waals surface area (Å²) in [5, 5.41) is 8.80. The standard InChI is InChI=1S/C11H19NO4/c1-2-3-8-16-11(15)9(10(13)14)6-4-5-7-12/h6H,2-5,7-8,12H2,1H3,(H,13,14). The topological polar surface area (TPSA) is 89.6 Å². The highest BCUT2D eigenvalue weighted by Gasteiger charge is 2.17. The Bertz CT molecular complexity index is 261. The first-order valence-corrected chi connectivity index (χ1v) is 5.44. The average molecular weight is 229 g/mol. The molecule has 3 N–H and O–H groups in total. The van der Waals surface area contributed by atoms with E-state index in [1.54, 1.807) is 0 Å². The van der Waals surface area contributed by atoms with Gasteiger partial charge in [-0.05, 0) is 25.8 Å². The molecule has 5 nitrogen and oxygen atoms in total. The Hall–Kier alpha value is -1.36. The van der Waals surface area contributed by atoms with Crippen molar-refractivity contribution in [3.63, 3.8) is 0 Å². The number of unbranched alkanes of at least 4 members (excludes halogenated alkanes) is 2. The van der Waals surface area contributed by atoms with Gasteiger partial charge in [0.2, 0.25) is 0 Å². The van der Waals surface area contributed by atoms with Crippen LogP contribution in [0.1, 0.15) is 32.6 Å². The number of carbonyl (C=O) groups excluding carboxylic acids is 1. The third-order valence-corrected chi connectivity index (χ3v) is 1.94. The van der Waals surface area contributed by atoms with E-state index in [0.717, 1.165) is 12.8 Å². The average Bonchev–Trinajstić information content (AvgIpc) is 2.24. The molecule has 0 fully saturated rings. The minimum Gasteiger partial charge on any atom is -0.477 e. The second-order valence-electron chi connectivity index (χ2n) is 3.34. The molecular weight excluding hydrogens is 210 g/mol. The largest absolute Gasteiger partial charge is 0.477 e. The zero-order chi connectivity index (χ0) is 12.4. The molecule has 0 aliphatic heterocycles. The van der Waals surface area contributed by atoms with E-state index in [2.05, 4.69) is 0 Å². The van der Waals surface area contributed by atoms with Crippen LogP contribution < -0.4 is 5.73 Å². The summed E-state index contributed by atoms with van der Waals surface area (Å²) in [5.41, 5.74) is 4.97. The maximum atomic E-state index is 11.4. The van der Waals surface area contributed by atoms with Crippen molar-refractivity contribution < 1.29 is 19.4 Å².